The summed E-state index contributed by atoms with van der Waals surface area (Å²) in [4.78, 5) is 26.2. The minimum Gasteiger partial charge on any atom is -0.444 e. The number of Topliss-reactive ketones (excluding diaryl/α,β-unsaturated/α-hetero) is 1. The molecule has 0 radical (unpaired) electrons. The third-order valence-corrected chi connectivity index (χ3v) is 3.29. The molecule has 0 aromatic heterocycles. The molecule has 1 rings (SSSR count). The third-order valence-electron chi connectivity index (χ3n) is 3.29. The van der Waals surface area contributed by atoms with Gasteiger partial charge in [-0.05, 0) is 27.2 Å². The van der Waals surface area contributed by atoms with Crippen LogP contribution in [0.4, 0.5) is 4.79 Å². The summed E-state index contributed by atoms with van der Waals surface area (Å²) in [6.07, 6.45) is 1.35. The lowest BCUT2D eigenvalue weighted by Gasteiger charge is -2.36. The lowest BCUT2D eigenvalue weighted by molar-refractivity contribution is -0.133. The van der Waals surface area contributed by atoms with E-state index in [0.29, 0.717) is 13.2 Å². The Morgan fingerprint density at radius 2 is 2.05 bits per heavy atom. The number of amides is 1. The van der Waals surface area contributed by atoms with E-state index in [0.717, 1.165) is 12.8 Å². The number of hydrogen-bond donors (Lipinski definition) is 0. The summed E-state index contributed by atoms with van der Waals surface area (Å²) >= 11 is 0. The number of hydrogen-bond acceptors (Lipinski definition) is 4. The van der Waals surface area contributed by atoms with E-state index in [9.17, 15) is 9.59 Å². The van der Waals surface area contributed by atoms with Crippen molar-refractivity contribution >= 4 is 11.9 Å². The summed E-state index contributed by atoms with van der Waals surface area (Å²) in [7, 11) is 0. The van der Waals surface area contributed by atoms with E-state index in [1.807, 2.05) is 34.6 Å². The van der Waals surface area contributed by atoms with Crippen LogP contribution in [0.5, 0.6) is 0 Å². The van der Waals surface area contributed by atoms with Gasteiger partial charge >= 0.3 is 6.09 Å². The van der Waals surface area contributed by atoms with Crippen molar-refractivity contribution in [2.75, 3.05) is 19.8 Å². The molecule has 1 amide bonds. The molecule has 20 heavy (non-hydrogen) atoms. The zero-order valence-electron chi connectivity index (χ0n) is 13.3. The standard InChI is InChI=1S/C15H27NO4/c1-6-7-11(2)13(17)12-10-19-9-8-16(12)14(18)20-15(3,4)5/h11-12H,6-10H2,1-5H3. The molecule has 1 heterocycles. The molecule has 0 aromatic rings. The van der Waals surface area contributed by atoms with Crippen LogP contribution in [0.25, 0.3) is 0 Å². The number of nitrogens with zero attached hydrogens (tertiary/aromatic N) is 1. The molecule has 0 N–H and O–H groups in total. The van der Waals surface area contributed by atoms with Crippen LogP contribution in [-0.4, -0.2) is 48.2 Å². The Kier molecular flexibility index (Phi) is 5.99. The second kappa shape index (κ2) is 7.07. The molecule has 1 aliphatic rings. The molecule has 1 saturated heterocycles. The summed E-state index contributed by atoms with van der Waals surface area (Å²) in [6, 6.07) is -0.514. The van der Waals surface area contributed by atoms with Gasteiger partial charge in [-0.3, -0.25) is 9.69 Å². The second-order valence-corrected chi connectivity index (χ2v) is 6.36. The zero-order valence-corrected chi connectivity index (χ0v) is 13.3. The van der Waals surface area contributed by atoms with Crippen molar-refractivity contribution in [3.63, 3.8) is 0 Å². The first-order valence-corrected chi connectivity index (χ1v) is 7.37. The average molecular weight is 285 g/mol. The molecule has 1 fully saturated rings. The molecular weight excluding hydrogens is 258 g/mol. The predicted octanol–water partition coefficient (Wildman–Crippen LogP) is 2.63. The molecule has 0 spiro atoms. The van der Waals surface area contributed by atoms with Crippen LogP contribution in [-0.2, 0) is 14.3 Å². The first-order valence-electron chi connectivity index (χ1n) is 7.37. The van der Waals surface area contributed by atoms with Crippen LogP contribution < -0.4 is 0 Å². The molecule has 0 aliphatic carbocycles. The molecular formula is C15H27NO4. The fourth-order valence-electron chi connectivity index (χ4n) is 2.28. The van der Waals surface area contributed by atoms with Gasteiger partial charge in [0, 0.05) is 12.5 Å². The second-order valence-electron chi connectivity index (χ2n) is 6.36. The van der Waals surface area contributed by atoms with Crippen molar-refractivity contribution in [1.29, 1.82) is 0 Å². The molecule has 116 valence electrons. The van der Waals surface area contributed by atoms with Crippen LogP contribution in [0, 0.1) is 5.92 Å². The summed E-state index contributed by atoms with van der Waals surface area (Å²) < 4.78 is 10.7. The van der Waals surface area contributed by atoms with E-state index in [-0.39, 0.29) is 18.3 Å². The minimum atomic E-state index is -0.558. The number of morpholine rings is 1. The lowest BCUT2D eigenvalue weighted by Crippen LogP contribution is -2.54. The first kappa shape index (κ1) is 17.0. The first-order chi connectivity index (χ1) is 9.26. The highest BCUT2D eigenvalue weighted by Gasteiger charge is 2.36. The van der Waals surface area contributed by atoms with Gasteiger partial charge in [0.2, 0.25) is 0 Å². The maximum atomic E-state index is 12.4. The van der Waals surface area contributed by atoms with Crippen LogP contribution in [0.15, 0.2) is 0 Å². The monoisotopic (exact) mass is 285 g/mol. The van der Waals surface area contributed by atoms with Gasteiger partial charge in [-0.15, -0.1) is 0 Å². The minimum absolute atomic E-state index is 0.0587. The summed E-state index contributed by atoms with van der Waals surface area (Å²) in [6.45, 7) is 10.5. The molecule has 1 aliphatic heterocycles. The van der Waals surface area contributed by atoms with Crippen molar-refractivity contribution in [3.05, 3.63) is 0 Å². The predicted molar refractivity (Wildman–Crippen MR) is 76.6 cm³/mol. The van der Waals surface area contributed by atoms with E-state index >= 15 is 0 Å². The van der Waals surface area contributed by atoms with Crippen LogP contribution >= 0.6 is 0 Å². The molecule has 0 bridgehead atoms. The highest BCUT2D eigenvalue weighted by atomic mass is 16.6. The summed E-state index contributed by atoms with van der Waals surface area (Å²) in [5.41, 5.74) is -0.558. The molecule has 5 heteroatoms. The maximum absolute atomic E-state index is 12.4. The van der Waals surface area contributed by atoms with Gasteiger partial charge in [-0.25, -0.2) is 4.79 Å². The van der Waals surface area contributed by atoms with E-state index in [1.165, 1.54) is 4.90 Å². The number of ether oxygens (including phenoxy) is 2. The highest BCUT2D eigenvalue weighted by molar-refractivity contribution is 5.89. The average Bonchev–Trinajstić information content (AvgIpc) is 2.36. The lowest BCUT2D eigenvalue weighted by atomic mass is 9.94. The van der Waals surface area contributed by atoms with Gasteiger partial charge in [0.15, 0.2) is 5.78 Å². The number of carbonyl (C=O) groups excluding carboxylic acids is 2. The Labute approximate surface area is 121 Å². The largest absolute Gasteiger partial charge is 0.444 e. The van der Waals surface area contributed by atoms with E-state index in [4.69, 9.17) is 9.47 Å². The van der Waals surface area contributed by atoms with E-state index in [2.05, 4.69) is 0 Å². The normalized spacial score (nSPS) is 21.4. The quantitative estimate of drug-likeness (QED) is 0.796. The zero-order chi connectivity index (χ0) is 15.3. The topological polar surface area (TPSA) is 55.8 Å². The van der Waals surface area contributed by atoms with Gasteiger partial charge in [-0.1, -0.05) is 20.3 Å². The Hall–Kier alpha value is -1.10. The Morgan fingerprint density at radius 1 is 1.40 bits per heavy atom. The number of ketones is 1. The van der Waals surface area contributed by atoms with E-state index < -0.39 is 17.7 Å². The molecule has 0 saturated carbocycles. The number of rotatable bonds is 4. The molecule has 2 unspecified atom stereocenters. The van der Waals surface area contributed by atoms with Crippen LogP contribution in [0.2, 0.25) is 0 Å². The Morgan fingerprint density at radius 3 is 2.60 bits per heavy atom. The third kappa shape index (κ3) is 4.78. The highest BCUT2D eigenvalue weighted by Crippen LogP contribution is 2.19. The van der Waals surface area contributed by atoms with Gasteiger partial charge in [-0.2, -0.15) is 0 Å². The smallest absolute Gasteiger partial charge is 0.411 e. The fourth-order valence-corrected chi connectivity index (χ4v) is 2.28. The van der Waals surface area contributed by atoms with Crippen molar-refractivity contribution in [2.45, 2.75) is 59.1 Å². The van der Waals surface area contributed by atoms with Gasteiger partial charge < -0.3 is 9.47 Å². The van der Waals surface area contributed by atoms with Crippen LogP contribution in [0.1, 0.15) is 47.5 Å². The van der Waals surface area contributed by atoms with Crippen molar-refractivity contribution in [3.8, 4) is 0 Å². The van der Waals surface area contributed by atoms with Crippen molar-refractivity contribution < 1.29 is 19.1 Å². The van der Waals surface area contributed by atoms with Crippen molar-refractivity contribution in [2.24, 2.45) is 5.92 Å². The Balaban J connectivity index is 2.76. The van der Waals surface area contributed by atoms with Crippen molar-refractivity contribution in [1.82, 2.24) is 4.90 Å². The molecule has 5 nitrogen and oxygen atoms in total. The van der Waals surface area contributed by atoms with E-state index in [1.54, 1.807) is 0 Å². The molecule has 2 atom stereocenters. The summed E-state index contributed by atoms with van der Waals surface area (Å²) in [5.74, 6) is 0.00838. The van der Waals surface area contributed by atoms with Gasteiger partial charge in [0.25, 0.3) is 0 Å². The number of carbonyl (C=O) groups is 2. The van der Waals surface area contributed by atoms with Crippen LogP contribution in [0.3, 0.4) is 0 Å². The van der Waals surface area contributed by atoms with Gasteiger partial charge in [0.05, 0.1) is 13.2 Å². The Bertz CT molecular complexity index is 348. The molecule has 0 aromatic carbocycles. The fraction of sp³-hybridized carbons (Fsp3) is 0.867. The maximum Gasteiger partial charge on any atom is 0.411 e. The summed E-state index contributed by atoms with van der Waals surface area (Å²) in [5, 5.41) is 0. The van der Waals surface area contributed by atoms with Gasteiger partial charge in [0.1, 0.15) is 11.6 Å². The SMILES string of the molecule is CCCC(C)C(=O)C1COCCN1C(=O)OC(C)(C)C.